The minimum atomic E-state index is -4.52. The van der Waals surface area contributed by atoms with Gasteiger partial charge in [-0.15, -0.1) is 0 Å². The van der Waals surface area contributed by atoms with Gasteiger partial charge in [-0.2, -0.15) is 13.2 Å². The highest BCUT2D eigenvalue weighted by molar-refractivity contribution is 5.82. The zero-order chi connectivity index (χ0) is 28.1. The molecular weight excluding hydrogens is 525 g/mol. The number of carbonyl (C=O) groups is 2. The molecule has 4 heterocycles. The number of pyridine rings is 1. The summed E-state index contributed by atoms with van der Waals surface area (Å²) in [6.07, 6.45) is -2.39. The molecule has 3 aromatic rings. The normalized spacial score (nSPS) is 22.3. The van der Waals surface area contributed by atoms with Gasteiger partial charge < -0.3 is 14.5 Å². The van der Waals surface area contributed by atoms with Crippen LogP contribution in [0.25, 0.3) is 11.3 Å². The maximum absolute atomic E-state index is 13.0. The van der Waals surface area contributed by atoms with Crippen LogP contribution in [0.5, 0.6) is 0 Å². The van der Waals surface area contributed by atoms with E-state index in [0.29, 0.717) is 38.2 Å². The van der Waals surface area contributed by atoms with E-state index in [1.54, 1.807) is 12.3 Å². The summed E-state index contributed by atoms with van der Waals surface area (Å²) in [6, 6.07) is 18.1. The molecule has 0 bridgehead atoms. The van der Waals surface area contributed by atoms with Gasteiger partial charge in [0.15, 0.2) is 0 Å². The molecule has 2 saturated heterocycles. The Morgan fingerprint density at radius 2 is 1.85 bits per heavy atom. The molecule has 1 N–H and O–H groups in total. The third kappa shape index (κ3) is 7.28. The van der Waals surface area contributed by atoms with Crippen LogP contribution < -0.4 is 5.32 Å². The first kappa shape index (κ1) is 27.9. The van der Waals surface area contributed by atoms with E-state index >= 15 is 0 Å². The maximum atomic E-state index is 13.0. The predicted molar refractivity (Wildman–Crippen MR) is 140 cm³/mol. The summed E-state index contributed by atoms with van der Waals surface area (Å²) in [6.45, 7) is 0.482. The van der Waals surface area contributed by atoms with Gasteiger partial charge in [-0.25, -0.2) is 0 Å². The van der Waals surface area contributed by atoms with Gasteiger partial charge in [0.2, 0.25) is 5.91 Å². The highest BCUT2D eigenvalue weighted by Gasteiger charge is 2.40. The number of hydrogen-bond acceptors (Lipinski definition) is 7. The van der Waals surface area contributed by atoms with E-state index in [1.165, 1.54) is 0 Å². The third-order valence-electron chi connectivity index (χ3n) is 7.22. The summed E-state index contributed by atoms with van der Waals surface area (Å²) in [7, 11) is 0. The van der Waals surface area contributed by atoms with Crippen molar-refractivity contribution in [1.82, 2.24) is 20.1 Å². The molecule has 2 fully saturated rings. The summed E-state index contributed by atoms with van der Waals surface area (Å²) in [5, 5.41) is 2.04. The molecule has 0 radical (unpaired) electrons. The number of carbonyl (C=O) groups excluding carboxylic acids is 2. The Kier molecular flexibility index (Phi) is 8.51. The van der Waals surface area contributed by atoms with Crippen molar-refractivity contribution in [3.8, 4) is 11.3 Å². The largest absolute Gasteiger partial charge is 0.461 e. The van der Waals surface area contributed by atoms with Crippen molar-refractivity contribution < 1.29 is 31.9 Å². The standard InChI is InChI=1S/C29H31F3N4O4/c30-29(31,32)19-34-27(37)25-18-35(16-23-9-10-26(39-23)20-6-2-1-3-7-20)12-13-36(25)17-24-15-21(28(38)40-24)14-22-8-4-5-11-33-22/h1-11,21,24-25H,12-19H2,(H,34,37)/t21-,24+,25+/m1/s1. The number of esters is 1. The number of benzene rings is 1. The van der Waals surface area contributed by atoms with E-state index in [2.05, 4.69) is 4.98 Å². The van der Waals surface area contributed by atoms with Gasteiger partial charge in [-0.3, -0.25) is 24.4 Å². The number of hydrogen-bond donors (Lipinski definition) is 1. The average molecular weight is 557 g/mol. The number of aromatic nitrogens is 1. The lowest BCUT2D eigenvalue weighted by molar-refractivity contribution is -0.147. The van der Waals surface area contributed by atoms with E-state index < -0.39 is 30.8 Å². The topological polar surface area (TPSA) is 87.9 Å². The summed E-state index contributed by atoms with van der Waals surface area (Å²) < 4.78 is 50.2. The molecular formula is C29H31F3N4O4. The lowest BCUT2D eigenvalue weighted by atomic mass is 9.98. The predicted octanol–water partition coefficient (Wildman–Crippen LogP) is 3.68. The number of alkyl halides is 3. The number of nitrogens with zero attached hydrogens (tertiary/aromatic N) is 3. The van der Waals surface area contributed by atoms with Crippen LogP contribution in [-0.4, -0.2) is 77.7 Å². The molecule has 40 heavy (non-hydrogen) atoms. The molecule has 0 saturated carbocycles. The Balaban J connectivity index is 1.23. The maximum Gasteiger partial charge on any atom is 0.405 e. The Bertz CT molecular complexity index is 1290. The van der Waals surface area contributed by atoms with Crippen molar-refractivity contribution in [1.29, 1.82) is 0 Å². The Hall–Kier alpha value is -3.70. The fraction of sp³-hybridized carbons (Fsp3) is 0.414. The molecule has 1 aromatic carbocycles. The minimum absolute atomic E-state index is 0.211. The molecule has 5 rings (SSSR count). The fourth-order valence-corrected chi connectivity index (χ4v) is 5.27. The number of piperazine rings is 1. The molecule has 11 heteroatoms. The fourth-order valence-electron chi connectivity index (χ4n) is 5.27. The minimum Gasteiger partial charge on any atom is -0.461 e. The SMILES string of the molecule is O=C1O[C@H](CN2CCN(Cc3ccc(-c4ccccc4)o3)C[C@H]2C(=O)NCC(F)(F)F)C[C@H]1Cc1ccccn1. The average Bonchev–Trinajstić information content (AvgIpc) is 3.55. The molecule has 8 nitrogen and oxygen atoms in total. The van der Waals surface area contributed by atoms with E-state index in [0.717, 1.165) is 17.0 Å². The number of rotatable bonds is 9. The van der Waals surface area contributed by atoms with Crippen LogP contribution in [0.4, 0.5) is 13.2 Å². The van der Waals surface area contributed by atoms with Crippen LogP contribution in [0, 0.1) is 5.92 Å². The first-order valence-electron chi connectivity index (χ1n) is 13.3. The molecule has 0 aliphatic carbocycles. The lowest BCUT2D eigenvalue weighted by Gasteiger charge is -2.41. The van der Waals surface area contributed by atoms with Gasteiger partial charge in [0.1, 0.15) is 30.2 Å². The molecule has 0 spiro atoms. The highest BCUT2D eigenvalue weighted by atomic mass is 19.4. The van der Waals surface area contributed by atoms with Gasteiger partial charge in [0.05, 0.1) is 12.5 Å². The number of cyclic esters (lactones) is 1. The van der Waals surface area contributed by atoms with Crippen LogP contribution >= 0.6 is 0 Å². The van der Waals surface area contributed by atoms with E-state index in [-0.39, 0.29) is 25.0 Å². The number of amides is 1. The lowest BCUT2D eigenvalue weighted by Crippen LogP contribution is -2.60. The van der Waals surface area contributed by atoms with E-state index in [4.69, 9.17) is 9.15 Å². The molecule has 212 valence electrons. The number of halogens is 3. The first-order valence-corrected chi connectivity index (χ1v) is 13.3. The Morgan fingerprint density at radius 1 is 1.05 bits per heavy atom. The van der Waals surface area contributed by atoms with Gasteiger partial charge in [0.25, 0.3) is 0 Å². The zero-order valence-corrected chi connectivity index (χ0v) is 21.8. The third-order valence-corrected chi connectivity index (χ3v) is 7.22. The van der Waals surface area contributed by atoms with Crippen molar-refractivity contribution in [3.05, 3.63) is 78.3 Å². The van der Waals surface area contributed by atoms with Crippen molar-refractivity contribution in [3.63, 3.8) is 0 Å². The quantitative estimate of drug-likeness (QED) is 0.403. The summed E-state index contributed by atoms with van der Waals surface area (Å²) in [5.74, 6) is 0.0394. The second-order valence-electron chi connectivity index (χ2n) is 10.2. The van der Waals surface area contributed by atoms with Gasteiger partial charge in [-0.05, 0) is 30.7 Å². The van der Waals surface area contributed by atoms with Crippen LogP contribution in [0.3, 0.4) is 0 Å². The molecule has 0 unspecified atom stereocenters. The number of furan rings is 1. The second-order valence-corrected chi connectivity index (χ2v) is 10.2. The smallest absolute Gasteiger partial charge is 0.405 e. The number of ether oxygens (including phenoxy) is 1. The van der Waals surface area contributed by atoms with Gasteiger partial charge >= 0.3 is 12.1 Å². The monoisotopic (exact) mass is 556 g/mol. The van der Waals surface area contributed by atoms with Crippen molar-refractivity contribution in [2.24, 2.45) is 5.92 Å². The summed E-state index contributed by atoms with van der Waals surface area (Å²) >= 11 is 0. The molecule has 2 aromatic heterocycles. The van der Waals surface area contributed by atoms with Crippen LogP contribution in [0.15, 0.2) is 71.3 Å². The summed E-state index contributed by atoms with van der Waals surface area (Å²) in [4.78, 5) is 33.6. The van der Waals surface area contributed by atoms with Crippen molar-refractivity contribution in [2.75, 3.05) is 32.7 Å². The Morgan fingerprint density at radius 3 is 2.60 bits per heavy atom. The first-order chi connectivity index (χ1) is 19.2. The highest BCUT2D eigenvalue weighted by Crippen LogP contribution is 2.27. The van der Waals surface area contributed by atoms with E-state index in [9.17, 15) is 22.8 Å². The van der Waals surface area contributed by atoms with Crippen molar-refractivity contribution in [2.45, 2.75) is 37.7 Å². The van der Waals surface area contributed by atoms with E-state index in [1.807, 2.05) is 69.7 Å². The molecule has 2 aliphatic heterocycles. The zero-order valence-electron chi connectivity index (χ0n) is 21.8. The van der Waals surface area contributed by atoms with Crippen LogP contribution in [0.1, 0.15) is 17.9 Å². The molecule has 2 aliphatic rings. The van der Waals surface area contributed by atoms with Crippen LogP contribution in [0.2, 0.25) is 0 Å². The summed E-state index contributed by atoms with van der Waals surface area (Å²) in [5.41, 5.74) is 1.73. The molecule has 1 amide bonds. The molecule has 3 atom stereocenters. The van der Waals surface area contributed by atoms with Crippen LogP contribution in [-0.2, 0) is 27.3 Å². The number of nitrogens with one attached hydrogen (secondary N) is 1. The second kappa shape index (κ2) is 12.2. The van der Waals surface area contributed by atoms with Gasteiger partial charge in [-0.1, -0.05) is 36.4 Å². The van der Waals surface area contributed by atoms with Gasteiger partial charge in [0, 0.05) is 50.1 Å². The van der Waals surface area contributed by atoms with Crippen molar-refractivity contribution >= 4 is 11.9 Å². The Labute approximate surface area is 230 Å².